The molecule has 3 heterocycles. The van der Waals surface area contributed by atoms with Crippen LogP contribution in [-0.2, 0) is 4.79 Å². The summed E-state index contributed by atoms with van der Waals surface area (Å²) in [5.74, 6) is 0.244. The van der Waals surface area contributed by atoms with Crippen molar-refractivity contribution in [3.8, 4) is 11.8 Å². The van der Waals surface area contributed by atoms with Crippen LogP contribution in [0.3, 0.4) is 0 Å². The van der Waals surface area contributed by atoms with E-state index in [1.54, 1.807) is 32.2 Å². The quantitative estimate of drug-likeness (QED) is 0.738. The van der Waals surface area contributed by atoms with Gasteiger partial charge in [0.2, 0.25) is 0 Å². The molecule has 126 valence electrons. The van der Waals surface area contributed by atoms with Crippen LogP contribution in [0.25, 0.3) is 11.0 Å². The molecule has 4 rings (SSSR count). The largest absolute Gasteiger partial charge is 0.464 e. The summed E-state index contributed by atoms with van der Waals surface area (Å²) in [6.45, 7) is 3.26. The molecule has 0 atom stereocenters. The Morgan fingerprint density at radius 2 is 2.04 bits per heavy atom. The monoisotopic (exact) mass is 338 g/mol. The lowest BCUT2D eigenvalue weighted by Gasteiger charge is -2.15. The minimum absolute atomic E-state index is 0.0220. The Balaban J connectivity index is 1.63. The van der Waals surface area contributed by atoms with E-state index in [1.165, 1.54) is 12.3 Å². The van der Waals surface area contributed by atoms with Crippen LogP contribution in [0.2, 0.25) is 0 Å². The van der Waals surface area contributed by atoms with Crippen molar-refractivity contribution in [1.82, 2.24) is 15.3 Å². The van der Waals surface area contributed by atoms with Crippen molar-refractivity contribution in [2.75, 3.05) is 4.90 Å². The number of nitrogens with zero attached hydrogens (tertiary/aromatic N) is 3. The van der Waals surface area contributed by atoms with Crippen LogP contribution in [0.1, 0.15) is 13.8 Å². The Bertz CT molecular complexity index is 995. The second kappa shape index (κ2) is 5.30. The summed E-state index contributed by atoms with van der Waals surface area (Å²) in [5.41, 5.74) is -0.308. The number of carbonyl (C=O) groups excluding carboxylic acids is 2. The van der Waals surface area contributed by atoms with Crippen molar-refractivity contribution in [3.63, 3.8) is 0 Å². The van der Waals surface area contributed by atoms with Crippen molar-refractivity contribution in [2.24, 2.45) is 0 Å². The number of furan rings is 1. The summed E-state index contributed by atoms with van der Waals surface area (Å²) < 4.78 is 11.0. The fourth-order valence-corrected chi connectivity index (χ4v) is 2.57. The lowest BCUT2D eigenvalue weighted by Crippen LogP contribution is -2.40. The van der Waals surface area contributed by atoms with Crippen LogP contribution in [0.4, 0.5) is 10.6 Å². The number of fused-ring (bicyclic) bond motifs is 1. The lowest BCUT2D eigenvalue weighted by atomic mass is 10.1. The number of nitrogens with one attached hydrogen (secondary N) is 1. The Morgan fingerprint density at radius 1 is 1.20 bits per heavy atom. The van der Waals surface area contributed by atoms with Crippen molar-refractivity contribution < 1.29 is 18.7 Å². The van der Waals surface area contributed by atoms with Crippen molar-refractivity contribution in [3.05, 3.63) is 42.8 Å². The zero-order valence-electron chi connectivity index (χ0n) is 13.5. The van der Waals surface area contributed by atoms with E-state index in [0.29, 0.717) is 11.3 Å². The van der Waals surface area contributed by atoms with Gasteiger partial charge in [0.1, 0.15) is 16.9 Å². The molecule has 0 aliphatic carbocycles. The molecule has 3 aromatic rings. The third-order valence-electron chi connectivity index (χ3n) is 3.84. The minimum Gasteiger partial charge on any atom is -0.464 e. The molecule has 3 amide bonds. The summed E-state index contributed by atoms with van der Waals surface area (Å²) in [4.78, 5) is 33.6. The van der Waals surface area contributed by atoms with Crippen molar-refractivity contribution in [2.45, 2.75) is 19.4 Å². The van der Waals surface area contributed by atoms with Crippen LogP contribution >= 0.6 is 0 Å². The number of benzene rings is 1. The van der Waals surface area contributed by atoms with Gasteiger partial charge >= 0.3 is 12.0 Å². The van der Waals surface area contributed by atoms with Gasteiger partial charge in [0.25, 0.3) is 5.91 Å². The molecule has 25 heavy (non-hydrogen) atoms. The molecule has 1 aliphatic heterocycles. The lowest BCUT2D eigenvalue weighted by molar-refractivity contribution is -0.121. The van der Waals surface area contributed by atoms with Gasteiger partial charge in [0.15, 0.2) is 5.82 Å². The van der Waals surface area contributed by atoms with Gasteiger partial charge in [-0.1, -0.05) is 0 Å². The molecule has 0 bridgehead atoms. The van der Waals surface area contributed by atoms with Crippen molar-refractivity contribution in [1.29, 1.82) is 0 Å². The third kappa shape index (κ3) is 2.57. The van der Waals surface area contributed by atoms with Gasteiger partial charge in [0, 0.05) is 23.7 Å². The van der Waals surface area contributed by atoms with Gasteiger partial charge < -0.3 is 14.5 Å². The van der Waals surface area contributed by atoms with Gasteiger partial charge in [0.05, 0.1) is 6.26 Å². The molecule has 0 spiro atoms. The second-order valence-corrected chi connectivity index (χ2v) is 6.12. The molecule has 1 fully saturated rings. The maximum absolute atomic E-state index is 12.4. The molecular weight excluding hydrogens is 324 g/mol. The first kappa shape index (κ1) is 15.1. The Labute approximate surface area is 142 Å². The third-order valence-corrected chi connectivity index (χ3v) is 3.84. The Morgan fingerprint density at radius 3 is 2.80 bits per heavy atom. The number of carbonyl (C=O) groups is 2. The average molecular weight is 338 g/mol. The normalized spacial score (nSPS) is 16.3. The maximum atomic E-state index is 12.4. The van der Waals surface area contributed by atoms with Crippen LogP contribution < -0.4 is 15.0 Å². The summed E-state index contributed by atoms with van der Waals surface area (Å²) in [7, 11) is 0. The number of imide groups is 1. The summed E-state index contributed by atoms with van der Waals surface area (Å²) in [5, 5.41) is 3.55. The topological polar surface area (TPSA) is 97.6 Å². The van der Waals surface area contributed by atoms with Gasteiger partial charge in [-0.2, -0.15) is 4.98 Å². The molecule has 8 heteroatoms. The van der Waals surface area contributed by atoms with E-state index in [1.807, 2.05) is 12.1 Å². The van der Waals surface area contributed by atoms with Crippen molar-refractivity contribution >= 4 is 28.7 Å². The first-order valence-electron chi connectivity index (χ1n) is 7.59. The number of anilines is 1. The van der Waals surface area contributed by atoms with E-state index >= 15 is 0 Å². The summed E-state index contributed by atoms with van der Waals surface area (Å²) in [6.07, 6.45) is 3.01. The van der Waals surface area contributed by atoms with Crippen LogP contribution in [0.5, 0.6) is 11.8 Å². The number of aromatic nitrogens is 2. The number of hydrogen-bond donors (Lipinski definition) is 1. The zero-order chi connectivity index (χ0) is 17.6. The fourth-order valence-electron chi connectivity index (χ4n) is 2.57. The van der Waals surface area contributed by atoms with Gasteiger partial charge in [-0.25, -0.2) is 14.7 Å². The van der Waals surface area contributed by atoms with E-state index in [0.717, 1.165) is 10.3 Å². The highest BCUT2D eigenvalue weighted by atomic mass is 16.5. The number of urea groups is 1. The molecule has 0 radical (unpaired) electrons. The van der Waals surface area contributed by atoms with E-state index in [2.05, 4.69) is 15.3 Å². The molecule has 0 saturated carbocycles. The highest BCUT2D eigenvalue weighted by Crippen LogP contribution is 2.27. The van der Waals surface area contributed by atoms with E-state index in [4.69, 9.17) is 9.15 Å². The van der Waals surface area contributed by atoms with Gasteiger partial charge in [-0.15, -0.1) is 0 Å². The highest BCUT2D eigenvalue weighted by Gasteiger charge is 2.45. The van der Waals surface area contributed by atoms with Gasteiger partial charge in [-0.3, -0.25) is 4.79 Å². The fraction of sp³-hybridized carbons (Fsp3) is 0.176. The molecule has 2 aromatic heterocycles. The van der Waals surface area contributed by atoms with Crippen LogP contribution in [0, 0.1) is 0 Å². The molecule has 0 unspecified atom stereocenters. The van der Waals surface area contributed by atoms with Gasteiger partial charge in [-0.05, 0) is 32.0 Å². The molecular formula is C17H14N4O4. The first-order chi connectivity index (χ1) is 11.9. The predicted octanol–water partition coefficient (Wildman–Crippen LogP) is 2.85. The standard InChI is InChI=1S/C17H14N4O4/c1-17(2)14(22)21(16(23)20-17)13-5-7-18-15(19-13)25-11-4-3-10-6-8-24-12(10)9-11/h3-9H,1-2H3,(H,20,23). The summed E-state index contributed by atoms with van der Waals surface area (Å²) >= 11 is 0. The highest BCUT2D eigenvalue weighted by molar-refractivity contribution is 6.22. The Hall–Kier alpha value is -3.42. The first-order valence-corrected chi connectivity index (χ1v) is 7.59. The number of hydrogen-bond acceptors (Lipinski definition) is 6. The van der Waals surface area contributed by atoms with Crippen LogP contribution in [-0.4, -0.2) is 27.4 Å². The number of ether oxygens (including phenoxy) is 1. The summed E-state index contributed by atoms with van der Waals surface area (Å²) in [6, 6.07) is 8.12. The average Bonchev–Trinajstić information content (AvgIpc) is 3.09. The molecule has 1 aromatic carbocycles. The SMILES string of the molecule is CC1(C)NC(=O)N(c2ccnc(Oc3ccc4ccoc4c3)n2)C1=O. The van der Waals surface area contributed by atoms with Crippen LogP contribution in [0.15, 0.2) is 47.2 Å². The number of amides is 3. The predicted molar refractivity (Wildman–Crippen MR) is 88.4 cm³/mol. The smallest absolute Gasteiger partial charge is 0.330 e. The molecule has 1 aliphatic rings. The van der Waals surface area contributed by atoms with E-state index in [-0.39, 0.29) is 17.7 Å². The number of rotatable bonds is 3. The second-order valence-electron chi connectivity index (χ2n) is 6.12. The molecule has 1 N–H and O–H groups in total. The van der Waals surface area contributed by atoms with E-state index < -0.39 is 11.6 Å². The maximum Gasteiger partial charge on any atom is 0.330 e. The zero-order valence-corrected chi connectivity index (χ0v) is 13.5. The Kier molecular flexibility index (Phi) is 3.21. The molecule has 8 nitrogen and oxygen atoms in total. The molecule has 1 saturated heterocycles. The minimum atomic E-state index is -0.979. The van der Waals surface area contributed by atoms with E-state index in [9.17, 15) is 9.59 Å².